The number of nitrogens with one attached hydrogen (secondary N) is 2. The Kier molecular flexibility index (Phi) is 7.35. The zero-order valence-electron chi connectivity index (χ0n) is 19.5. The molecule has 1 fully saturated rings. The summed E-state index contributed by atoms with van der Waals surface area (Å²) >= 11 is 0. The van der Waals surface area contributed by atoms with Crippen LogP contribution < -0.4 is 24.4 Å². The third-order valence-corrected chi connectivity index (χ3v) is 7.20. The molecule has 1 aromatic heterocycles. The molecule has 2 heterocycles. The predicted octanol–water partition coefficient (Wildman–Crippen LogP) is 3.15. The number of amides is 1. The van der Waals surface area contributed by atoms with Gasteiger partial charge in [0.15, 0.2) is 0 Å². The van der Waals surface area contributed by atoms with Gasteiger partial charge in [-0.3, -0.25) is 14.5 Å². The van der Waals surface area contributed by atoms with Gasteiger partial charge in [0.25, 0.3) is 10.0 Å². The molecule has 0 atom stereocenters. The smallest absolute Gasteiger partial charge is 0.265 e. The molecular weight excluding hydrogens is 470 g/mol. The molecule has 10 nitrogen and oxygen atoms in total. The number of sulfonamides is 1. The number of ether oxygens (including phenoxy) is 2. The summed E-state index contributed by atoms with van der Waals surface area (Å²) in [6.07, 6.45) is 6.29. The fourth-order valence-corrected chi connectivity index (χ4v) is 5.16. The highest BCUT2D eigenvalue weighted by Gasteiger charge is 2.27. The SMILES string of the molecule is COc1ccc(NS(=O)(=O)c2cc(NC(=O)C3CCN(c4cnccn4)CC3)ccc2OC)cc1. The molecule has 1 aliphatic heterocycles. The maximum atomic E-state index is 13.1. The molecule has 35 heavy (non-hydrogen) atoms. The molecule has 0 saturated carbocycles. The van der Waals surface area contributed by atoms with Gasteiger partial charge in [0.2, 0.25) is 5.91 Å². The van der Waals surface area contributed by atoms with Crippen molar-refractivity contribution in [3.63, 3.8) is 0 Å². The van der Waals surface area contributed by atoms with Gasteiger partial charge in [-0.05, 0) is 55.3 Å². The van der Waals surface area contributed by atoms with E-state index in [1.807, 2.05) is 0 Å². The Labute approximate surface area is 204 Å². The standard InChI is InChI=1S/C24H27N5O5S/c1-33-20-6-3-18(4-7-20)28-35(31,32)22-15-19(5-8-21(22)34-2)27-24(30)17-9-13-29(14-10-17)23-16-25-11-12-26-23/h3-8,11-12,15-17,28H,9-10,13-14H2,1-2H3,(H,27,30). The van der Waals surface area contributed by atoms with E-state index in [0.717, 1.165) is 5.82 Å². The highest BCUT2D eigenvalue weighted by atomic mass is 32.2. The summed E-state index contributed by atoms with van der Waals surface area (Å²) < 4.78 is 39.1. The molecule has 0 spiro atoms. The van der Waals surface area contributed by atoms with Crippen LogP contribution in [0.3, 0.4) is 0 Å². The zero-order chi connectivity index (χ0) is 24.8. The van der Waals surface area contributed by atoms with Crippen molar-refractivity contribution in [2.75, 3.05) is 42.2 Å². The van der Waals surface area contributed by atoms with E-state index in [0.29, 0.717) is 43.1 Å². The number of piperidine rings is 1. The third-order valence-electron chi connectivity index (χ3n) is 5.80. The van der Waals surface area contributed by atoms with Crippen molar-refractivity contribution in [3.05, 3.63) is 61.1 Å². The summed E-state index contributed by atoms with van der Waals surface area (Å²) in [5.41, 5.74) is 0.749. The molecular formula is C24H27N5O5S. The van der Waals surface area contributed by atoms with E-state index in [4.69, 9.17) is 9.47 Å². The van der Waals surface area contributed by atoms with Crippen molar-refractivity contribution >= 4 is 33.1 Å². The average Bonchev–Trinajstić information content (AvgIpc) is 2.89. The van der Waals surface area contributed by atoms with Crippen LogP contribution in [-0.4, -0.2) is 51.6 Å². The monoisotopic (exact) mass is 497 g/mol. The minimum atomic E-state index is -3.98. The van der Waals surface area contributed by atoms with Crippen molar-refractivity contribution in [3.8, 4) is 11.5 Å². The fourth-order valence-electron chi connectivity index (χ4n) is 3.90. The zero-order valence-corrected chi connectivity index (χ0v) is 20.3. The summed E-state index contributed by atoms with van der Waals surface area (Å²) in [7, 11) is -1.06. The summed E-state index contributed by atoms with van der Waals surface area (Å²) in [6.45, 7) is 1.37. The van der Waals surface area contributed by atoms with Gasteiger partial charge in [0.1, 0.15) is 22.2 Å². The van der Waals surface area contributed by atoms with E-state index in [1.165, 1.54) is 26.4 Å². The maximum Gasteiger partial charge on any atom is 0.265 e. The second kappa shape index (κ2) is 10.6. The lowest BCUT2D eigenvalue weighted by molar-refractivity contribution is -0.120. The number of hydrogen-bond acceptors (Lipinski definition) is 8. The third kappa shape index (κ3) is 5.80. The molecule has 0 aliphatic carbocycles. The van der Waals surface area contributed by atoms with Gasteiger partial charge in [-0.15, -0.1) is 0 Å². The molecule has 4 rings (SSSR count). The number of benzene rings is 2. The Morgan fingerprint density at radius 1 is 1.00 bits per heavy atom. The van der Waals surface area contributed by atoms with Crippen LogP contribution in [0, 0.1) is 5.92 Å². The summed E-state index contributed by atoms with van der Waals surface area (Å²) in [4.78, 5) is 23.3. The Bertz CT molecular complexity index is 1260. The van der Waals surface area contributed by atoms with Gasteiger partial charge in [-0.2, -0.15) is 0 Å². The van der Waals surface area contributed by atoms with Crippen molar-refractivity contribution in [1.29, 1.82) is 0 Å². The number of hydrogen-bond donors (Lipinski definition) is 2. The summed E-state index contributed by atoms with van der Waals surface area (Å²) in [6, 6.07) is 11.1. The van der Waals surface area contributed by atoms with Crippen LogP contribution in [0.5, 0.6) is 11.5 Å². The normalized spacial score (nSPS) is 14.3. The minimum Gasteiger partial charge on any atom is -0.497 e. The first-order valence-electron chi connectivity index (χ1n) is 11.1. The predicted molar refractivity (Wildman–Crippen MR) is 132 cm³/mol. The Hall–Kier alpha value is -3.86. The summed E-state index contributed by atoms with van der Waals surface area (Å²) in [5.74, 6) is 1.22. The molecule has 0 bridgehead atoms. The number of methoxy groups -OCH3 is 2. The topological polar surface area (TPSA) is 123 Å². The second-order valence-corrected chi connectivity index (χ2v) is 9.66. The van der Waals surface area contributed by atoms with Gasteiger partial charge in [-0.1, -0.05) is 0 Å². The van der Waals surface area contributed by atoms with Crippen molar-refractivity contribution in [2.45, 2.75) is 17.7 Å². The largest absolute Gasteiger partial charge is 0.497 e. The maximum absolute atomic E-state index is 13.1. The van der Waals surface area contributed by atoms with Crippen LogP contribution in [-0.2, 0) is 14.8 Å². The fraction of sp³-hybridized carbons (Fsp3) is 0.292. The molecule has 2 aromatic carbocycles. The molecule has 1 aliphatic rings. The van der Waals surface area contributed by atoms with Gasteiger partial charge in [0, 0.05) is 42.8 Å². The van der Waals surface area contributed by atoms with Crippen molar-refractivity contribution < 1.29 is 22.7 Å². The molecule has 11 heteroatoms. The molecule has 0 radical (unpaired) electrons. The molecule has 1 amide bonds. The Balaban J connectivity index is 1.44. The molecule has 184 valence electrons. The van der Waals surface area contributed by atoms with E-state index in [1.54, 1.807) is 48.9 Å². The lowest BCUT2D eigenvalue weighted by Crippen LogP contribution is -2.38. The molecule has 0 unspecified atom stereocenters. The van der Waals surface area contributed by atoms with Gasteiger partial charge in [0.05, 0.1) is 20.4 Å². The number of aromatic nitrogens is 2. The Morgan fingerprint density at radius 3 is 2.34 bits per heavy atom. The average molecular weight is 498 g/mol. The van der Waals surface area contributed by atoms with Crippen LogP contribution >= 0.6 is 0 Å². The Morgan fingerprint density at radius 2 is 1.71 bits per heavy atom. The van der Waals surface area contributed by atoms with E-state index in [9.17, 15) is 13.2 Å². The second-order valence-electron chi connectivity index (χ2n) is 8.01. The van der Waals surface area contributed by atoms with Gasteiger partial charge < -0.3 is 19.7 Å². The summed E-state index contributed by atoms with van der Waals surface area (Å²) in [5, 5.41) is 2.86. The van der Waals surface area contributed by atoms with Crippen LogP contribution in [0.15, 0.2) is 66.0 Å². The molecule has 2 N–H and O–H groups in total. The van der Waals surface area contributed by atoms with Gasteiger partial charge >= 0.3 is 0 Å². The number of rotatable bonds is 8. The number of nitrogens with zero attached hydrogens (tertiary/aromatic N) is 3. The number of anilines is 3. The first-order chi connectivity index (χ1) is 16.9. The van der Waals surface area contributed by atoms with Crippen molar-refractivity contribution in [2.24, 2.45) is 5.92 Å². The highest BCUT2D eigenvalue weighted by Crippen LogP contribution is 2.30. The van der Waals surface area contributed by atoms with E-state index < -0.39 is 10.0 Å². The van der Waals surface area contributed by atoms with E-state index in [-0.39, 0.29) is 22.5 Å². The molecule has 1 saturated heterocycles. The van der Waals surface area contributed by atoms with Crippen LogP contribution in [0.4, 0.5) is 17.2 Å². The lowest BCUT2D eigenvalue weighted by Gasteiger charge is -2.31. The first-order valence-corrected chi connectivity index (χ1v) is 12.5. The highest BCUT2D eigenvalue weighted by molar-refractivity contribution is 7.92. The van der Waals surface area contributed by atoms with E-state index in [2.05, 4.69) is 24.9 Å². The first kappa shape index (κ1) is 24.3. The number of carbonyl (C=O) groups is 1. The van der Waals surface area contributed by atoms with Crippen LogP contribution in [0.1, 0.15) is 12.8 Å². The number of carbonyl (C=O) groups excluding carboxylic acids is 1. The van der Waals surface area contributed by atoms with Crippen LogP contribution in [0.25, 0.3) is 0 Å². The molecule has 3 aromatic rings. The van der Waals surface area contributed by atoms with E-state index >= 15 is 0 Å². The van der Waals surface area contributed by atoms with Gasteiger partial charge in [-0.25, -0.2) is 13.4 Å². The lowest BCUT2D eigenvalue weighted by atomic mass is 9.96. The van der Waals surface area contributed by atoms with Crippen molar-refractivity contribution in [1.82, 2.24) is 9.97 Å². The van der Waals surface area contributed by atoms with Crippen LogP contribution in [0.2, 0.25) is 0 Å². The minimum absolute atomic E-state index is 0.0777. The quantitative estimate of drug-likeness (QED) is 0.487.